The third kappa shape index (κ3) is 2.67. The van der Waals surface area contributed by atoms with Crippen molar-refractivity contribution >= 4 is 5.91 Å². The maximum absolute atomic E-state index is 11.4. The zero-order valence-corrected chi connectivity index (χ0v) is 8.48. The van der Waals surface area contributed by atoms with Crippen LogP contribution in [0, 0.1) is 0 Å². The van der Waals surface area contributed by atoms with Gasteiger partial charge < -0.3 is 20.5 Å². The SMILES string of the molecule is CCO[C@H]1CN(C(=O)CCN)C[C@@H]1O. The first-order chi connectivity index (χ1) is 6.69. The molecule has 1 saturated heterocycles. The molecule has 1 heterocycles. The van der Waals surface area contributed by atoms with Crippen LogP contribution in [0.25, 0.3) is 0 Å². The normalized spacial score (nSPS) is 26.9. The maximum atomic E-state index is 11.4. The van der Waals surface area contributed by atoms with E-state index in [1.54, 1.807) is 4.90 Å². The van der Waals surface area contributed by atoms with Gasteiger partial charge in [-0.3, -0.25) is 4.79 Å². The van der Waals surface area contributed by atoms with Gasteiger partial charge in [-0.2, -0.15) is 0 Å². The monoisotopic (exact) mass is 202 g/mol. The third-order valence-corrected chi connectivity index (χ3v) is 2.33. The molecule has 0 bridgehead atoms. The molecule has 0 saturated carbocycles. The van der Waals surface area contributed by atoms with Crippen molar-refractivity contribution in [2.24, 2.45) is 5.73 Å². The van der Waals surface area contributed by atoms with E-state index >= 15 is 0 Å². The van der Waals surface area contributed by atoms with E-state index in [1.165, 1.54) is 0 Å². The van der Waals surface area contributed by atoms with Gasteiger partial charge in [0, 0.05) is 32.7 Å². The van der Waals surface area contributed by atoms with E-state index in [9.17, 15) is 9.90 Å². The zero-order valence-electron chi connectivity index (χ0n) is 8.48. The quantitative estimate of drug-likeness (QED) is 0.609. The summed E-state index contributed by atoms with van der Waals surface area (Å²) in [5, 5.41) is 9.56. The Labute approximate surface area is 83.8 Å². The van der Waals surface area contributed by atoms with Gasteiger partial charge in [-0.05, 0) is 6.92 Å². The van der Waals surface area contributed by atoms with Gasteiger partial charge in [0.15, 0.2) is 0 Å². The largest absolute Gasteiger partial charge is 0.388 e. The lowest BCUT2D eigenvalue weighted by molar-refractivity contribution is -0.130. The second-order valence-electron chi connectivity index (χ2n) is 3.40. The van der Waals surface area contributed by atoms with Gasteiger partial charge in [-0.1, -0.05) is 0 Å². The van der Waals surface area contributed by atoms with E-state index in [1.807, 2.05) is 6.92 Å². The minimum atomic E-state index is -0.559. The van der Waals surface area contributed by atoms with Crippen LogP contribution in [0.2, 0.25) is 0 Å². The molecule has 0 radical (unpaired) electrons. The Morgan fingerprint density at radius 1 is 1.64 bits per heavy atom. The number of nitrogens with two attached hydrogens (primary N) is 1. The number of rotatable bonds is 4. The second-order valence-corrected chi connectivity index (χ2v) is 3.40. The summed E-state index contributed by atoms with van der Waals surface area (Å²) in [7, 11) is 0. The Hall–Kier alpha value is -0.650. The van der Waals surface area contributed by atoms with Crippen LogP contribution in [-0.2, 0) is 9.53 Å². The Morgan fingerprint density at radius 3 is 2.93 bits per heavy atom. The molecule has 0 unspecified atom stereocenters. The van der Waals surface area contributed by atoms with Gasteiger partial charge >= 0.3 is 0 Å². The molecule has 0 aliphatic carbocycles. The highest BCUT2D eigenvalue weighted by atomic mass is 16.5. The number of aliphatic hydroxyl groups excluding tert-OH is 1. The van der Waals surface area contributed by atoms with Crippen molar-refractivity contribution in [3.63, 3.8) is 0 Å². The summed E-state index contributed by atoms with van der Waals surface area (Å²) < 4.78 is 5.30. The van der Waals surface area contributed by atoms with Crippen LogP contribution >= 0.6 is 0 Å². The zero-order chi connectivity index (χ0) is 10.6. The summed E-state index contributed by atoms with van der Waals surface area (Å²) in [6.07, 6.45) is -0.454. The Kier molecular flexibility index (Phi) is 4.31. The molecule has 5 nitrogen and oxygen atoms in total. The van der Waals surface area contributed by atoms with Crippen LogP contribution in [0.15, 0.2) is 0 Å². The summed E-state index contributed by atoms with van der Waals surface area (Å²) in [4.78, 5) is 13.0. The molecule has 1 fully saturated rings. The molecule has 1 rings (SSSR count). The fourth-order valence-electron chi connectivity index (χ4n) is 1.62. The molecule has 0 aromatic rings. The number of ether oxygens (including phenoxy) is 1. The number of nitrogens with zero attached hydrogens (tertiary/aromatic N) is 1. The standard InChI is InChI=1S/C9H18N2O3/c1-2-14-8-6-11(5-7(8)12)9(13)3-4-10/h7-8,12H,2-6,10H2,1H3/t7-,8-/m0/s1. The number of β-amino-alcohol motifs (C(OH)–C–C–N with tert-alkyl or cyclic N) is 1. The van der Waals surface area contributed by atoms with Gasteiger partial charge in [0.1, 0.15) is 6.10 Å². The first-order valence-electron chi connectivity index (χ1n) is 4.96. The second kappa shape index (κ2) is 5.29. The van der Waals surface area contributed by atoms with Crippen LogP contribution < -0.4 is 5.73 Å². The average molecular weight is 202 g/mol. The Morgan fingerprint density at radius 2 is 2.36 bits per heavy atom. The van der Waals surface area contributed by atoms with Crippen molar-refractivity contribution < 1.29 is 14.6 Å². The van der Waals surface area contributed by atoms with Gasteiger partial charge in [-0.25, -0.2) is 0 Å². The van der Waals surface area contributed by atoms with Gasteiger partial charge in [-0.15, -0.1) is 0 Å². The molecular weight excluding hydrogens is 184 g/mol. The Bertz CT molecular complexity index is 198. The summed E-state index contributed by atoms with van der Waals surface area (Å²) in [6.45, 7) is 3.62. The van der Waals surface area contributed by atoms with Crippen LogP contribution in [0.4, 0.5) is 0 Å². The van der Waals surface area contributed by atoms with Gasteiger partial charge in [0.05, 0.1) is 6.10 Å². The summed E-state index contributed by atoms with van der Waals surface area (Å²) in [6, 6.07) is 0. The molecule has 5 heteroatoms. The summed E-state index contributed by atoms with van der Waals surface area (Å²) in [5.74, 6) is -0.00578. The first kappa shape index (κ1) is 11.4. The molecule has 3 N–H and O–H groups in total. The summed E-state index contributed by atoms with van der Waals surface area (Å²) in [5.41, 5.74) is 5.28. The van der Waals surface area contributed by atoms with Gasteiger partial charge in [0.25, 0.3) is 0 Å². The first-order valence-corrected chi connectivity index (χ1v) is 4.96. The van der Waals surface area contributed by atoms with Crippen molar-refractivity contribution in [3.8, 4) is 0 Å². The number of aliphatic hydroxyl groups is 1. The molecule has 0 spiro atoms. The van der Waals surface area contributed by atoms with E-state index in [0.29, 0.717) is 32.7 Å². The lowest BCUT2D eigenvalue weighted by Crippen LogP contribution is -2.31. The third-order valence-electron chi connectivity index (χ3n) is 2.33. The highest BCUT2D eigenvalue weighted by molar-refractivity contribution is 5.76. The van der Waals surface area contributed by atoms with Gasteiger partial charge in [0.2, 0.25) is 5.91 Å². The molecule has 82 valence electrons. The van der Waals surface area contributed by atoms with Crippen LogP contribution in [0.3, 0.4) is 0 Å². The molecule has 1 aliphatic heterocycles. The van der Waals surface area contributed by atoms with Crippen molar-refractivity contribution in [2.75, 3.05) is 26.2 Å². The maximum Gasteiger partial charge on any atom is 0.224 e. The van der Waals surface area contributed by atoms with E-state index in [4.69, 9.17) is 10.5 Å². The molecule has 0 aromatic carbocycles. The van der Waals surface area contributed by atoms with Crippen LogP contribution in [0.5, 0.6) is 0 Å². The predicted octanol–water partition coefficient (Wildman–Crippen LogP) is -1.06. The summed E-state index contributed by atoms with van der Waals surface area (Å²) >= 11 is 0. The molecule has 14 heavy (non-hydrogen) atoms. The highest BCUT2D eigenvalue weighted by Gasteiger charge is 2.33. The molecule has 1 amide bonds. The van der Waals surface area contributed by atoms with Crippen molar-refractivity contribution in [2.45, 2.75) is 25.6 Å². The topological polar surface area (TPSA) is 75.8 Å². The van der Waals surface area contributed by atoms with E-state index in [2.05, 4.69) is 0 Å². The molecule has 2 atom stereocenters. The Balaban J connectivity index is 2.41. The average Bonchev–Trinajstić information content (AvgIpc) is 2.49. The number of hydrogen-bond acceptors (Lipinski definition) is 4. The van der Waals surface area contributed by atoms with E-state index < -0.39 is 6.10 Å². The van der Waals surface area contributed by atoms with Crippen molar-refractivity contribution in [1.82, 2.24) is 4.90 Å². The van der Waals surface area contributed by atoms with E-state index in [0.717, 1.165) is 0 Å². The predicted molar refractivity (Wildman–Crippen MR) is 51.7 cm³/mol. The minimum Gasteiger partial charge on any atom is -0.388 e. The number of amides is 1. The fourth-order valence-corrected chi connectivity index (χ4v) is 1.62. The number of carbonyl (C=O) groups is 1. The molecule has 0 aromatic heterocycles. The lowest BCUT2D eigenvalue weighted by atomic mass is 10.3. The van der Waals surface area contributed by atoms with Crippen molar-refractivity contribution in [1.29, 1.82) is 0 Å². The minimum absolute atomic E-state index is 0.00578. The van der Waals surface area contributed by atoms with Crippen LogP contribution in [-0.4, -0.2) is 54.4 Å². The number of carbonyl (C=O) groups excluding carboxylic acids is 1. The lowest BCUT2D eigenvalue weighted by Gasteiger charge is -2.15. The fraction of sp³-hybridized carbons (Fsp3) is 0.889. The van der Waals surface area contributed by atoms with E-state index in [-0.39, 0.29) is 12.0 Å². The van der Waals surface area contributed by atoms with Crippen molar-refractivity contribution in [3.05, 3.63) is 0 Å². The number of likely N-dealkylation sites (tertiary alicyclic amines) is 1. The molecule has 1 aliphatic rings. The number of hydrogen-bond donors (Lipinski definition) is 2. The van der Waals surface area contributed by atoms with Crippen LogP contribution in [0.1, 0.15) is 13.3 Å². The molecular formula is C9H18N2O3. The smallest absolute Gasteiger partial charge is 0.224 e. The highest BCUT2D eigenvalue weighted by Crippen LogP contribution is 2.14.